The van der Waals surface area contributed by atoms with Gasteiger partial charge >= 0.3 is 18.5 Å². The highest BCUT2D eigenvalue weighted by Crippen LogP contribution is 2.42. The zero-order chi connectivity index (χ0) is 25.7. The summed E-state index contributed by atoms with van der Waals surface area (Å²) in [5.41, 5.74) is 0.410. The number of likely N-dealkylation sites (N-methyl/N-ethyl adjacent to an activating group) is 1. The number of carbonyl (C=O) groups excluding carboxylic acids is 1. The largest absolute Gasteiger partial charge is 0.573 e. The van der Waals surface area contributed by atoms with Crippen molar-refractivity contribution >= 4 is 12.0 Å². The van der Waals surface area contributed by atoms with Gasteiger partial charge in [0.2, 0.25) is 12.9 Å². The van der Waals surface area contributed by atoms with Gasteiger partial charge in [0.1, 0.15) is 18.0 Å². The molecule has 0 spiro atoms. The van der Waals surface area contributed by atoms with Crippen molar-refractivity contribution in [2.24, 2.45) is 0 Å². The number of rotatable bonds is 10. The summed E-state index contributed by atoms with van der Waals surface area (Å²) in [4.78, 5) is 28.3. The van der Waals surface area contributed by atoms with E-state index in [1.54, 1.807) is 5.59 Å². The quantitative estimate of drug-likeness (QED) is 0.124. The Morgan fingerprint density at radius 3 is 2.50 bits per heavy atom. The van der Waals surface area contributed by atoms with Gasteiger partial charge in [-0.2, -0.15) is 18.0 Å². The summed E-state index contributed by atoms with van der Waals surface area (Å²) in [5, 5.41) is 9.64. The monoisotopic (exact) mass is 504 g/mol. The Morgan fingerprint density at radius 1 is 1.26 bits per heavy atom. The summed E-state index contributed by atoms with van der Waals surface area (Å²) >= 11 is 0. The first kappa shape index (κ1) is 27.0. The second-order valence-corrected chi connectivity index (χ2v) is 6.70. The molecule has 0 aromatic heterocycles. The average molecular weight is 504 g/mol. The molecule has 0 fully saturated rings. The second-order valence-electron chi connectivity index (χ2n) is 6.70. The van der Waals surface area contributed by atoms with E-state index in [0.29, 0.717) is 6.08 Å². The second kappa shape index (κ2) is 10.8. The standard InChI is InChI=1S/C18H20F6N3O7/c1-3-10-6-12(34-18(22,23)24)7-11-8-13(15(17(19,20)21)33-14(10)11)16(29)31-9-32-25-27(30)26(2)4-5-28/h6-8,15,28H,3-5,9H2,1-2H3,(H,25,30)/q+1/t15-/m0/s1. The molecule has 1 heterocycles. The number of benzene rings is 1. The minimum atomic E-state index is -5.08. The van der Waals surface area contributed by atoms with E-state index in [9.17, 15) is 36.0 Å². The fourth-order valence-corrected chi connectivity index (χ4v) is 2.78. The number of aliphatic hydroxyl groups excluding tert-OH is 1. The minimum Gasteiger partial charge on any atom is -0.475 e. The smallest absolute Gasteiger partial charge is 0.475 e. The van der Waals surface area contributed by atoms with Gasteiger partial charge in [0.05, 0.1) is 24.1 Å². The summed E-state index contributed by atoms with van der Waals surface area (Å²) in [6, 6.07) is 1.66. The highest BCUT2D eigenvalue weighted by molar-refractivity contribution is 5.96. The van der Waals surface area contributed by atoms with Crippen molar-refractivity contribution in [2.45, 2.75) is 32.0 Å². The molecule has 1 aromatic carbocycles. The predicted molar refractivity (Wildman–Crippen MR) is 99.5 cm³/mol. The first-order chi connectivity index (χ1) is 15.8. The molecule has 2 rings (SSSR count). The maximum absolute atomic E-state index is 13.6. The van der Waals surface area contributed by atoms with Crippen LogP contribution in [0, 0.1) is 4.91 Å². The predicted octanol–water partition coefficient (Wildman–Crippen LogP) is 2.41. The number of hydrogen-bond acceptors (Lipinski definition) is 7. The van der Waals surface area contributed by atoms with Gasteiger partial charge in [-0.1, -0.05) is 6.92 Å². The number of nitrogens with one attached hydrogen (secondary N) is 1. The maximum atomic E-state index is 13.6. The van der Waals surface area contributed by atoms with Crippen molar-refractivity contribution < 1.29 is 60.3 Å². The van der Waals surface area contributed by atoms with Crippen LogP contribution in [0.1, 0.15) is 18.1 Å². The van der Waals surface area contributed by atoms with Gasteiger partial charge in [0.25, 0.3) is 4.98 Å². The Balaban J connectivity index is 2.25. The molecule has 16 heteroatoms. The Kier molecular flexibility index (Phi) is 8.55. The third-order valence-corrected chi connectivity index (χ3v) is 4.27. The van der Waals surface area contributed by atoms with E-state index < -0.39 is 42.7 Å². The Hall–Kier alpha value is -3.27. The Bertz CT molecular complexity index is 936. The fraction of sp³-hybridized carbons (Fsp3) is 0.500. The lowest BCUT2D eigenvalue weighted by molar-refractivity contribution is -0.785. The van der Waals surface area contributed by atoms with E-state index in [-0.39, 0.29) is 41.4 Å². The number of aryl methyl sites for hydroxylation is 1. The summed E-state index contributed by atoms with van der Waals surface area (Å²) in [6.07, 6.45) is -12.2. The molecular formula is C18H20F6N3O7+. The number of fused-ring (bicyclic) bond motifs is 1. The van der Waals surface area contributed by atoms with Gasteiger partial charge in [-0.15, -0.1) is 18.2 Å². The number of hydrogen-bond donors (Lipinski definition) is 2. The molecular weight excluding hydrogens is 484 g/mol. The first-order valence-corrected chi connectivity index (χ1v) is 9.48. The summed E-state index contributed by atoms with van der Waals surface area (Å²) in [5.74, 6) is -2.63. The summed E-state index contributed by atoms with van der Waals surface area (Å²) in [7, 11) is 1.27. The lowest BCUT2D eigenvalue weighted by Gasteiger charge is -2.29. The van der Waals surface area contributed by atoms with Gasteiger partial charge in [-0.3, -0.25) is 0 Å². The van der Waals surface area contributed by atoms with Gasteiger partial charge in [-0.25, -0.2) is 4.79 Å². The van der Waals surface area contributed by atoms with Crippen LogP contribution in [0.4, 0.5) is 26.3 Å². The number of nitroso groups, excluding NO2 is 1. The van der Waals surface area contributed by atoms with Crippen LogP contribution in [-0.4, -0.2) is 66.7 Å². The van der Waals surface area contributed by atoms with Crippen molar-refractivity contribution in [1.29, 1.82) is 0 Å². The van der Waals surface area contributed by atoms with Crippen LogP contribution < -0.4 is 15.1 Å². The highest BCUT2D eigenvalue weighted by atomic mass is 19.4. The molecule has 2 N–H and O–H groups in total. The molecule has 1 aliphatic heterocycles. The van der Waals surface area contributed by atoms with E-state index in [4.69, 9.17) is 9.84 Å². The topological polar surface area (TPSA) is 110 Å². The molecule has 0 saturated carbocycles. The number of aliphatic hydroxyl groups is 1. The van der Waals surface area contributed by atoms with Crippen molar-refractivity contribution in [2.75, 3.05) is 27.0 Å². The first-order valence-electron chi connectivity index (χ1n) is 9.48. The van der Waals surface area contributed by atoms with Gasteiger partial charge in [0, 0.05) is 11.2 Å². The molecule has 0 unspecified atom stereocenters. The Morgan fingerprint density at radius 2 is 1.94 bits per heavy atom. The van der Waals surface area contributed by atoms with Crippen molar-refractivity contribution in [3.05, 3.63) is 33.7 Å². The van der Waals surface area contributed by atoms with E-state index in [1.165, 1.54) is 14.0 Å². The number of alkyl halides is 6. The normalized spacial score (nSPS) is 15.6. The van der Waals surface area contributed by atoms with Crippen LogP contribution in [0.25, 0.3) is 6.08 Å². The number of carbonyl (C=O) groups is 1. The molecule has 34 heavy (non-hydrogen) atoms. The molecule has 10 nitrogen and oxygen atoms in total. The zero-order valence-corrected chi connectivity index (χ0v) is 17.7. The van der Waals surface area contributed by atoms with Crippen molar-refractivity contribution in [3.8, 4) is 11.5 Å². The molecule has 1 aromatic rings. The molecule has 1 aliphatic rings. The molecule has 0 saturated heterocycles. The van der Waals surface area contributed by atoms with Gasteiger partial charge in [-0.05, 0) is 30.2 Å². The van der Waals surface area contributed by atoms with Crippen molar-refractivity contribution in [3.63, 3.8) is 0 Å². The highest BCUT2D eigenvalue weighted by Gasteiger charge is 2.49. The van der Waals surface area contributed by atoms with E-state index >= 15 is 0 Å². The lowest BCUT2D eigenvalue weighted by Crippen LogP contribution is -2.42. The Labute approximate surface area is 188 Å². The van der Waals surface area contributed by atoms with Crippen LogP contribution in [0.5, 0.6) is 11.5 Å². The van der Waals surface area contributed by atoms with Crippen LogP contribution >= 0.6 is 0 Å². The zero-order valence-electron chi connectivity index (χ0n) is 17.7. The average Bonchev–Trinajstić information content (AvgIpc) is 2.73. The lowest BCUT2D eigenvalue weighted by atomic mass is 9.97. The molecule has 0 amide bonds. The minimum absolute atomic E-state index is 0.00548. The van der Waals surface area contributed by atoms with Gasteiger partial charge < -0.3 is 19.3 Å². The third-order valence-electron chi connectivity index (χ3n) is 4.27. The molecule has 190 valence electrons. The number of ether oxygens (including phenoxy) is 3. The molecule has 0 aliphatic carbocycles. The maximum Gasteiger partial charge on any atom is 0.573 e. The number of halogens is 6. The number of nitrogens with zero attached hydrogens (tertiary/aromatic N) is 2. The van der Waals surface area contributed by atoms with Crippen LogP contribution in [0.3, 0.4) is 0 Å². The fourth-order valence-electron chi connectivity index (χ4n) is 2.78. The molecule has 1 atom stereocenters. The molecule has 0 bridgehead atoms. The SMILES string of the molecule is CCc1cc(OC(F)(F)F)cc2c1O[C@H](C(F)(F)F)C(C(=O)OCON[N+](=O)N(C)CCO)=C2. The van der Waals surface area contributed by atoms with Crippen molar-refractivity contribution in [1.82, 2.24) is 10.6 Å². The number of esters is 1. The van der Waals surface area contributed by atoms with E-state index in [2.05, 4.69) is 14.3 Å². The van der Waals surface area contributed by atoms with E-state index in [0.717, 1.165) is 17.1 Å². The van der Waals surface area contributed by atoms with Crippen LogP contribution in [0.2, 0.25) is 0 Å². The van der Waals surface area contributed by atoms with E-state index in [1.807, 2.05) is 0 Å². The summed E-state index contributed by atoms with van der Waals surface area (Å²) in [6.45, 7) is 0.0109. The third kappa shape index (κ3) is 7.11. The number of hydrazine groups is 2. The molecule has 0 radical (unpaired) electrons. The van der Waals surface area contributed by atoms with Crippen LogP contribution in [-0.2, 0) is 20.8 Å². The van der Waals surface area contributed by atoms with Crippen LogP contribution in [0.15, 0.2) is 17.7 Å². The summed E-state index contributed by atoms with van der Waals surface area (Å²) < 4.78 is 91.9. The van der Waals surface area contributed by atoms with Gasteiger partial charge in [0.15, 0.2) is 0 Å².